The van der Waals surface area contributed by atoms with Crippen molar-refractivity contribution in [3.05, 3.63) is 46.9 Å². The van der Waals surface area contributed by atoms with Gasteiger partial charge in [-0.25, -0.2) is 9.97 Å². The third-order valence-corrected chi connectivity index (χ3v) is 3.13. The highest BCUT2D eigenvalue weighted by Gasteiger charge is 2.11. The number of hydrogen-bond acceptors (Lipinski definition) is 4. The molecule has 0 bridgehead atoms. The van der Waals surface area contributed by atoms with Gasteiger partial charge in [-0.2, -0.15) is 0 Å². The molecule has 2 rings (SSSR count). The summed E-state index contributed by atoms with van der Waals surface area (Å²) < 4.78 is 5.07. The van der Waals surface area contributed by atoms with Crippen molar-refractivity contribution in [1.29, 1.82) is 0 Å². The molecule has 0 N–H and O–H groups in total. The molecule has 0 saturated carbocycles. The van der Waals surface area contributed by atoms with E-state index in [9.17, 15) is 0 Å². The molecule has 0 unspecified atom stereocenters. The van der Waals surface area contributed by atoms with Crippen LogP contribution in [0.2, 0.25) is 5.15 Å². The molecule has 20 heavy (non-hydrogen) atoms. The van der Waals surface area contributed by atoms with E-state index >= 15 is 0 Å². The quantitative estimate of drug-likeness (QED) is 0.787. The molecule has 0 atom stereocenters. The van der Waals surface area contributed by atoms with Gasteiger partial charge in [0.25, 0.3) is 0 Å². The van der Waals surface area contributed by atoms with E-state index in [1.165, 1.54) is 5.56 Å². The Kier molecular flexibility index (Phi) is 4.93. The number of benzene rings is 1. The molecule has 0 radical (unpaired) electrons. The number of anilines is 2. The summed E-state index contributed by atoms with van der Waals surface area (Å²) in [7, 11) is 1.61. The van der Waals surface area contributed by atoms with E-state index in [4.69, 9.17) is 16.3 Å². The van der Waals surface area contributed by atoms with Crippen LogP contribution in [0.4, 0.5) is 11.5 Å². The zero-order valence-electron chi connectivity index (χ0n) is 11.9. The van der Waals surface area contributed by atoms with Crippen molar-refractivity contribution in [2.24, 2.45) is 0 Å². The van der Waals surface area contributed by atoms with Crippen LogP contribution < -0.4 is 4.90 Å². The lowest BCUT2D eigenvalue weighted by Crippen LogP contribution is -2.18. The van der Waals surface area contributed by atoms with E-state index in [2.05, 4.69) is 53.0 Å². The standard InChI is InChI=1S/C15H18ClN3O/c1-4-19(12-7-5-11(2)6-8-12)15-9-13(16)17-14(18-15)10-20-3/h5-9H,4,10H2,1-3H3. The van der Waals surface area contributed by atoms with Gasteiger partial charge in [0.15, 0.2) is 5.82 Å². The van der Waals surface area contributed by atoms with Crippen LogP contribution in [0.5, 0.6) is 0 Å². The van der Waals surface area contributed by atoms with E-state index < -0.39 is 0 Å². The zero-order valence-corrected chi connectivity index (χ0v) is 12.7. The van der Waals surface area contributed by atoms with Crippen molar-refractivity contribution in [2.45, 2.75) is 20.5 Å². The van der Waals surface area contributed by atoms with Crippen LogP contribution in [0.3, 0.4) is 0 Å². The summed E-state index contributed by atoms with van der Waals surface area (Å²) in [6.45, 7) is 5.28. The van der Waals surface area contributed by atoms with E-state index in [1.54, 1.807) is 13.2 Å². The molecule has 1 heterocycles. The van der Waals surface area contributed by atoms with E-state index in [0.29, 0.717) is 17.6 Å². The fourth-order valence-corrected chi connectivity index (χ4v) is 2.18. The van der Waals surface area contributed by atoms with Crippen molar-refractivity contribution in [2.75, 3.05) is 18.6 Å². The van der Waals surface area contributed by atoms with Crippen LogP contribution in [0.15, 0.2) is 30.3 Å². The minimum atomic E-state index is 0.346. The second-order valence-corrected chi connectivity index (χ2v) is 4.87. The molecule has 0 amide bonds. The van der Waals surface area contributed by atoms with E-state index in [-0.39, 0.29) is 0 Å². The lowest BCUT2D eigenvalue weighted by Gasteiger charge is -2.22. The number of nitrogens with zero attached hydrogens (tertiary/aromatic N) is 3. The molecule has 106 valence electrons. The summed E-state index contributed by atoms with van der Waals surface area (Å²) in [5.74, 6) is 1.36. The lowest BCUT2D eigenvalue weighted by molar-refractivity contribution is 0.178. The first kappa shape index (κ1) is 14.8. The van der Waals surface area contributed by atoms with Gasteiger partial charge in [0.05, 0.1) is 0 Å². The number of ether oxygens (including phenoxy) is 1. The minimum Gasteiger partial charge on any atom is -0.377 e. The fourth-order valence-electron chi connectivity index (χ4n) is 1.99. The Morgan fingerprint density at radius 1 is 1.20 bits per heavy atom. The Morgan fingerprint density at radius 3 is 2.50 bits per heavy atom. The molecule has 1 aromatic carbocycles. The molecule has 5 heteroatoms. The molecular formula is C15H18ClN3O. The first-order valence-electron chi connectivity index (χ1n) is 6.50. The normalized spacial score (nSPS) is 10.6. The maximum Gasteiger partial charge on any atom is 0.158 e. The van der Waals surface area contributed by atoms with Gasteiger partial charge in [-0.3, -0.25) is 0 Å². The Hall–Kier alpha value is -1.65. The topological polar surface area (TPSA) is 38.2 Å². The van der Waals surface area contributed by atoms with Gasteiger partial charge >= 0.3 is 0 Å². The van der Waals surface area contributed by atoms with Crippen molar-refractivity contribution in [3.63, 3.8) is 0 Å². The van der Waals surface area contributed by atoms with Gasteiger partial charge in [0.1, 0.15) is 17.6 Å². The van der Waals surface area contributed by atoms with Gasteiger partial charge < -0.3 is 9.64 Å². The van der Waals surface area contributed by atoms with Gasteiger partial charge in [0, 0.05) is 25.4 Å². The molecule has 0 aliphatic carbocycles. The number of halogens is 1. The summed E-state index contributed by atoms with van der Waals surface area (Å²) in [5.41, 5.74) is 2.31. The highest BCUT2D eigenvalue weighted by molar-refractivity contribution is 6.29. The van der Waals surface area contributed by atoms with Crippen LogP contribution in [0, 0.1) is 6.92 Å². The van der Waals surface area contributed by atoms with Crippen molar-refractivity contribution in [1.82, 2.24) is 9.97 Å². The van der Waals surface area contributed by atoms with Crippen LogP contribution in [0.25, 0.3) is 0 Å². The van der Waals surface area contributed by atoms with Crippen molar-refractivity contribution >= 4 is 23.1 Å². The first-order valence-corrected chi connectivity index (χ1v) is 6.88. The zero-order chi connectivity index (χ0) is 14.5. The van der Waals surface area contributed by atoms with Crippen LogP contribution in [-0.2, 0) is 11.3 Å². The summed E-state index contributed by atoms with van der Waals surface area (Å²) in [6, 6.07) is 10.1. The lowest BCUT2D eigenvalue weighted by atomic mass is 10.2. The van der Waals surface area contributed by atoms with E-state index in [1.807, 2.05) is 0 Å². The summed E-state index contributed by atoms with van der Waals surface area (Å²) >= 11 is 6.07. The Bertz CT molecular complexity index is 572. The van der Waals surface area contributed by atoms with Gasteiger partial charge in [0.2, 0.25) is 0 Å². The predicted molar refractivity (Wildman–Crippen MR) is 81.6 cm³/mol. The number of aryl methyl sites for hydroxylation is 1. The Morgan fingerprint density at radius 2 is 1.90 bits per heavy atom. The van der Waals surface area contributed by atoms with Gasteiger partial charge in [-0.05, 0) is 26.0 Å². The third-order valence-electron chi connectivity index (χ3n) is 2.94. The van der Waals surface area contributed by atoms with Crippen LogP contribution in [-0.4, -0.2) is 23.6 Å². The molecule has 1 aromatic heterocycles. The largest absolute Gasteiger partial charge is 0.377 e. The predicted octanol–water partition coefficient (Wildman–Crippen LogP) is 3.74. The Balaban J connectivity index is 2.38. The molecule has 4 nitrogen and oxygen atoms in total. The number of aromatic nitrogens is 2. The molecule has 0 aliphatic heterocycles. The van der Waals surface area contributed by atoms with Gasteiger partial charge in [-0.15, -0.1) is 0 Å². The molecule has 0 fully saturated rings. The molecular weight excluding hydrogens is 274 g/mol. The van der Waals surface area contributed by atoms with E-state index in [0.717, 1.165) is 18.1 Å². The maximum atomic E-state index is 6.07. The number of methoxy groups -OCH3 is 1. The third kappa shape index (κ3) is 3.46. The fraction of sp³-hybridized carbons (Fsp3) is 0.333. The number of hydrogen-bond donors (Lipinski definition) is 0. The summed E-state index contributed by atoms with van der Waals surface area (Å²) in [5, 5.41) is 0.424. The number of rotatable bonds is 5. The maximum absolute atomic E-state index is 6.07. The second-order valence-electron chi connectivity index (χ2n) is 4.48. The molecule has 0 spiro atoms. The highest BCUT2D eigenvalue weighted by atomic mass is 35.5. The molecule has 0 aliphatic rings. The average molecular weight is 292 g/mol. The van der Waals surface area contributed by atoms with Crippen LogP contribution >= 0.6 is 11.6 Å². The van der Waals surface area contributed by atoms with Crippen molar-refractivity contribution in [3.8, 4) is 0 Å². The molecule has 2 aromatic rings. The summed E-state index contributed by atoms with van der Waals surface area (Å²) in [4.78, 5) is 10.7. The second kappa shape index (κ2) is 6.68. The Labute approximate surface area is 124 Å². The monoisotopic (exact) mass is 291 g/mol. The molecule has 0 saturated heterocycles. The average Bonchev–Trinajstić information content (AvgIpc) is 2.41. The van der Waals surface area contributed by atoms with Crippen molar-refractivity contribution < 1.29 is 4.74 Å². The SMILES string of the molecule is CCN(c1ccc(C)cc1)c1cc(Cl)nc(COC)n1. The first-order chi connectivity index (χ1) is 9.63. The summed E-state index contributed by atoms with van der Waals surface area (Å²) in [6.07, 6.45) is 0. The smallest absolute Gasteiger partial charge is 0.158 e. The van der Waals surface area contributed by atoms with Gasteiger partial charge in [-0.1, -0.05) is 29.3 Å². The minimum absolute atomic E-state index is 0.346. The highest BCUT2D eigenvalue weighted by Crippen LogP contribution is 2.25. The van der Waals surface area contributed by atoms with Crippen LogP contribution in [0.1, 0.15) is 18.3 Å².